The van der Waals surface area contributed by atoms with Crippen molar-refractivity contribution in [2.24, 2.45) is 0 Å². The van der Waals surface area contributed by atoms with E-state index in [-0.39, 0.29) is 12.4 Å². The Bertz CT molecular complexity index is 744. The van der Waals surface area contributed by atoms with Crippen LogP contribution in [-0.4, -0.2) is 37.9 Å². The van der Waals surface area contributed by atoms with Gasteiger partial charge < -0.3 is 5.11 Å². The Balaban J connectivity index is 1.71. The maximum Gasteiger partial charge on any atom is 0.125 e. The first-order valence-electron chi connectivity index (χ1n) is 7.25. The highest BCUT2D eigenvalue weighted by atomic mass is 32.1. The minimum absolute atomic E-state index is 0.0867. The summed E-state index contributed by atoms with van der Waals surface area (Å²) >= 11 is 1.59. The van der Waals surface area contributed by atoms with Gasteiger partial charge in [0.2, 0.25) is 0 Å². The predicted molar refractivity (Wildman–Crippen MR) is 86.8 cm³/mol. The number of aliphatic hydroxyl groups is 1. The van der Waals surface area contributed by atoms with E-state index >= 15 is 0 Å². The fourth-order valence-electron chi connectivity index (χ4n) is 2.34. The number of aliphatic hydroxyl groups excluding tert-OH is 1. The Morgan fingerprint density at radius 1 is 1.30 bits per heavy atom. The molecule has 0 spiro atoms. The first kappa shape index (κ1) is 15.8. The van der Waals surface area contributed by atoms with E-state index in [9.17, 15) is 9.50 Å². The lowest BCUT2D eigenvalue weighted by molar-refractivity contribution is 0.184. The minimum atomic E-state index is -0.287. The van der Waals surface area contributed by atoms with E-state index in [1.807, 2.05) is 11.6 Å². The summed E-state index contributed by atoms with van der Waals surface area (Å²) in [6.07, 6.45) is 5.41. The molecule has 0 aliphatic rings. The zero-order valence-electron chi connectivity index (χ0n) is 12.5. The van der Waals surface area contributed by atoms with Crippen LogP contribution >= 0.6 is 11.3 Å². The number of hydrogen-bond donors (Lipinski definition) is 1. The van der Waals surface area contributed by atoms with Gasteiger partial charge in [-0.2, -0.15) is 5.10 Å². The topological polar surface area (TPSA) is 54.2 Å². The van der Waals surface area contributed by atoms with Crippen molar-refractivity contribution in [3.8, 4) is 5.69 Å². The Morgan fingerprint density at radius 2 is 2.22 bits per heavy atom. The molecule has 0 fully saturated rings. The van der Waals surface area contributed by atoms with Crippen LogP contribution in [0.4, 0.5) is 4.39 Å². The smallest absolute Gasteiger partial charge is 0.125 e. The molecule has 7 heteroatoms. The summed E-state index contributed by atoms with van der Waals surface area (Å²) in [7, 11) is 0. The van der Waals surface area contributed by atoms with Crippen molar-refractivity contribution in [2.75, 3.05) is 13.2 Å². The van der Waals surface area contributed by atoms with Crippen LogP contribution < -0.4 is 0 Å². The average Bonchev–Trinajstić information content (AvgIpc) is 3.19. The van der Waals surface area contributed by atoms with Crippen LogP contribution in [-0.2, 0) is 13.1 Å². The highest BCUT2D eigenvalue weighted by Crippen LogP contribution is 2.14. The molecule has 23 heavy (non-hydrogen) atoms. The van der Waals surface area contributed by atoms with Crippen LogP contribution in [0.25, 0.3) is 5.69 Å². The number of halogens is 1. The van der Waals surface area contributed by atoms with Crippen molar-refractivity contribution in [2.45, 2.75) is 13.1 Å². The molecule has 1 N–H and O–H groups in total. The third-order valence-electron chi connectivity index (χ3n) is 3.37. The summed E-state index contributed by atoms with van der Waals surface area (Å²) in [6, 6.07) is 6.32. The lowest BCUT2D eigenvalue weighted by Crippen LogP contribution is -2.25. The van der Waals surface area contributed by atoms with Crippen LogP contribution in [0.3, 0.4) is 0 Å². The van der Waals surface area contributed by atoms with Gasteiger partial charge in [0.25, 0.3) is 0 Å². The Hall–Kier alpha value is -2.09. The largest absolute Gasteiger partial charge is 0.395 e. The Morgan fingerprint density at radius 3 is 2.96 bits per heavy atom. The Labute approximate surface area is 137 Å². The van der Waals surface area contributed by atoms with Crippen LogP contribution in [0, 0.1) is 5.82 Å². The van der Waals surface area contributed by atoms with E-state index in [1.54, 1.807) is 40.5 Å². The number of benzene rings is 1. The second-order valence-corrected chi connectivity index (χ2v) is 6.11. The molecule has 3 rings (SSSR count). The van der Waals surface area contributed by atoms with Gasteiger partial charge in [0.1, 0.15) is 10.8 Å². The zero-order chi connectivity index (χ0) is 16.1. The van der Waals surface area contributed by atoms with Crippen molar-refractivity contribution < 1.29 is 9.50 Å². The van der Waals surface area contributed by atoms with E-state index in [2.05, 4.69) is 15.0 Å². The molecule has 2 aromatic heterocycles. The predicted octanol–water partition coefficient (Wildman–Crippen LogP) is 2.46. The fraction of sp³-hybridized carbons (Fsp3) is 0.250. The Kier molecular flexibility index (Phi) is 5.12. The molecule has 0 unspecified atom stereocenters. The number of nitrogens with zero attached hydrogens (tertiary/aromatic N) is 4. The SMILES string of the molecule is OCCN(Cc1cnn(-c2cccc(F)c2)c1)Cc1nccs1. The summed E-state index contributed by atoms with van der Waals surface area (Å²) in [4.78, 5) is 6.38. The van der Waals surface area contributed by atoms with Gasteiger partial charge in [0, 0.05) is 36.4 Å². The van der Waals surface area contributed by atoms with Gasteiger partial charge in [0.15, 0.2) is 0 Å². The third-order valence-corrected chi connectivity index (χ3v) is 4.14. The highest BCUT2D eigenvalue weighted by Gasteiger charge is 2.10. The second kappa shape index (κ2) is 7.45. The van der Waals surface area contributed by atoms with E-state index < -0.39 is 0 Å². The first-order valence-corrected chi connectivity index (χ1v) is 8.13. The molecule has 0 radical (unpaired) electrons. The van der Waals surface area contributed by atoms with Crippen LogP contribution in [0.1, 0.15) is 10.6 Å². The third kappa shape index (κ3) is 4.22. The summed E-state index contributed by atoms with van der Waals surface area (Å²) < 4.78 is 15.0. The maximum atomic E-state index is 13.3. The summed E-state index contributed by atoms with van der Waals surface area (Å²) in [5.74, 6) is -0.287. The molecule has 3 aromatic rings. The van der Waals surface area contributed by atoms with Crippen LogP contribution in [0.5, 0.6) is 0 Å². The molecule has 0 bridgehead atoms. The summed E-state index contributed by atoms with van der Waals surface area (Å²) in [6.45, 7) is 1.98. The molecule has 5 nitrogen and oxygen atoms in total. The molecule has 120 valence electrons. The van der Waals surface area contributed by atoms with Gasteiger partial charge in [-0.1, -0.05) is 6.07 Å². The molecular formula is C16H17FN4OS. The quantitative estimate of drug-likeness (QED) is 0.722. The van der Waals surface area contributed by atoms with Crippen molar-refractivity contribution in [1.29, 1.82) is 0 Å². The van der Waals surface area contributed by atoms with E-state index in [0.717, 1.165) is 10.6 Å². The number of aromatic nitrogens is 3. The van der Waals surface area contributed by atoms with Gasteiger partial charge in [-0.15, -0.1) is 11.3 Å². The molecule has 0 saturated carbocycles. The van der Waals surface area contributed by atoms with Crippen molar-refractivity contribution >= 4 is 11.3 Å². The van der Waals surface area contributed by atoms with Crippen molar-refractivity contribution in [3.05, 3.63) is 64.6 Å². The van der Waals surface area contributed by atoms with Crippen molar-refractivity contribution in [3.63, 3.8) is 0 Å². The fourth-order valence-corrected chi connectivity index (χ4v) is 3.00. The molecular weight excluding hydrogens is 315 g/mol. The number of hydrogen-bond acceptors (Lipinski definition) is 5. The average molecular weight is 332 g/mol. The van der Waals surface area contributed by atoms with E-state index in [4.69, 9.17) is 0 Å². The highest BCUT2D eigenvalue weighted by molar-refractivity contribution is 7.09. The van der Waals surface area contributed by atoms with Crippen LogP contribution in [0.2, 0.25) is 0 Å². The van der Waals surface area contributed by atoms with Gasteiger partial charge in [-0.05, 0) is 18.2 Å². The van der Waals surface area contributed by atoms with Gasteiger partial charge in [0.05, 0.1) is 25.0 Å². The maximum absolute atomic E-state index is 13.3. The lowest BCUT2D eigenvalue weighted by Gasteiger charge is -2.18. The molecule has 0 amide bonds. The molecule has 2 heterocycles. The van der Waals surface area contributed by atoms with Crippen molar-refractivity contribution in [1.82, 2.24) is 19.7 Å². The zero-order valence-corrected chi connectivity index (χ0v) is 13.3. The van der Waals surface area contributed by atoms with Crippen LogP contribution in [0.15, 0.2) is 48.2 Å². The standard InChI is InChI=1S/C16H17FN4OS/c17-14-2-1-3-15(8-14)21-11-13(9-19-21)10-20(5-6-22)12-16-18-4-7-23-16/h1-4,7-9,11,22H,5-6,10,12H2. The summed E-state index contributed by atoms with van der Waals surface area (Å²) in [5.41, 5.74) is 1.68. The minimum Gasteiger partial charge on any atom is -0.395 e. The van der Waals surface area contributed by atoms with Gasteiger partial charge in [-0.25, -0.2) is 14.1 Å². The molecule has 0 saturated heterocycles. The first-order chi connectivity index (χ1) is 11.2. The molecule has 0 aliphatic heterocycles. The van der Waals surface area contributed by atoms with Gasteiger partial charge in [-0.3, -0.25) is 4.90 Å². The normalized spacial score (nSPS) is 11.3. The monoisotopic (exact) mass is 332 g/mol. The molecule has 1 aromatic carbocycles. The number of thiazole rings is 1. The molecule has 0 aliphatic carbocycles. The number of rotatable bonds is 7. The summed E-state index contributed by atoms with van der Waals surface area (Å²) in [5, 5.41) is 16.5. The molecule has 0 atom stereocenters. The van der Waals surface area contributed by atoms with E-state index in [0.29, 0.717) is 25.3 Å². The van der Waals surface area contributed by atoms with E-state index in [1.165, 1.54) is 12.1 Å². The second-order valence-electron chi connectivity index (χ2n) is 5.13. The lowest BCUT2D eigenvalue weighted by atomic mass is 10.3. The van der Waals surface area contributed by atoms with Gasteiger partial charge >= 0.3 is 0 Å².